The van der Waals surface area contributed by atoms with Crippen LogP contribution in [-0.4, -0.2) is 0 Å². The van der Waals surface area contributed by atoms with Crippen LogP contribution in [0.25, 0.3) is 32.3 Å². The molecule has 0 radical (unpaired) electrons. The van der Waals surface area contributed by atoms with Gasteiger partial charge in [0.1, 0.15) is 0 Å². The van der Waals surface area contributed by atoms with E-state index in [4.69, 9.17) is 0 Å². The number of benzene rings is 8. The molecule has 8 aromatic rings. The SMILES string of the molecule is Cc1cc(C)cc(N(c2ccc(C(C)C)cc2)c2cc(C)c3ccc4c(N(c5ccc(C(C)C)cc5)c5cc(C)cc(C)c5)cc(C)c5ccc2c3c54)c1. The van der Waals surface area contributed by atoms with Gasteiger partial charge in [-0.1, -0.05) is 88.4 Å². The highest BCUT2D eigenvalue weighted by Gasteiger charge is 2.24. The highest BCUT2D eigenvalue weighted by Crippen LogP contribution is 2.49. The van der Waals surface area contributed by atoms with E-state index in [9.17, 15) is 0 Å². The molecule has 0 aliphatic rings. The van der Waals surface area contributed by atoms with E-state index in [1.165, 1.54) is 111 Å². The Kier molecular flexibility index (Phi) is 8.97. The molecule has 0 aliphatic heterocycles. The molecule has 0 bridgehead atoms. The Hall–Kier alpha value is -5.60. The fourth-order valence-electron chi connectivity index (χ4n) is 8.70. The second-order valence-corrected chi connectivity index (χ2v) is 16.4. The molecule has 0 aromatic heterocycles. The summed E-state index contributed by atoms with van der Waals surface area (Å²) in [7, 11) is 0. The lowest BCUT2D eigenvalue weighted by molar-refractivity contribution is 0.866. The van der Waals surface area contributed by atoms with Gasteiger partial charge in [0.15, 0.2) is 0 Å². The lowest BCUT2D eigenvalue weighted by Crippen LogP contribution is -2.13. The van der Waals surface area contributed by atoms with Crippen molar-refractivity contribution >= 4 is 66.4 Å². The van der Waals surface area contributed by atoms with Crippen LogP contribution in [0.15, 0.2) is 121 Å². The maximum Gasteiger partial charge on any atom is 0.0543 e. The van der Waals surface area contributed by atoms with Gasteiger partial charge in [-0.05, 0) is 180 Å². The van der Waals surface area contributed by atoms with E-state index in [0.717, 1.165) is 0 Å². The molecule has 270 valence electrons. The Balaban J connectivity index is 1.44. The number of hydrogen-bond acceptors (Lipinski definition) is 2. The van der Waals surface area contributed by atoms with Crippen LogP contribution in [0, 0.1) is 41.5 Å². The molecule has 0 aliphatic carbocycles. The molecule has 8 rings (SSSR count). The van der Waals surface area contributed by atoms with Crippen LogP contribution in [-0.2, 0) is 0 Å². The quantitative estimate of drug-likeness (QED) is 0.145. The Morgan fingerprint density at radius 1 is 0.333 bits per heavy atom. The Morgan fingerprint density at radius 3 is 0.963 bits per heavy atom. The highest BCUT2D eigenvalue weighted by molar-refractivity contribution is 6.29. The second-order valence-electron chi connectivity index (χ2n) is 16.4. The van der Waals surface area contributed by atoms with Crippen LogP contribution < -0.4 is 9.80 Å². The molecule has 0 saturated carbocycles. The third-order valence-electron chi connectivity index (χ3n) is 11.3. The summed E-state index contributed by atoms with van der Waals surface area (Å²) in [6.07, 6.45) is 0. The summed E-state index contributed by atoms with van der Waals surface area (Å²) in [6, 6.07) is 46.5. The van der Waals surface area contributed by atoms with Crippen molar-refractivity contribution in [3.05, 3.63) is 166 Å². The molecule has 0 saturated heterocycles. The minimum Gasteiger partial charge on any atom is -0.310 e. The molecular weight excluding hydrogens is 653 g/mol. The molecule has 0 N–H and O–H groups in total. The van der Waals surface area contributed by atoms with E-state index < -0.39 is 0 Å². The molecule has 2 heteroatoms. The zero-order valence-corrected chi connectivity index (χ0v) is 33.6. The van der Waals surface area contributed by atoms with Gasteiger partial charge < -0.3 is 9.80 Å². The van der Waals surface area contributed by atoms with Crippen LogP contribution in [0.5, 0.6) is 0 Å². The highest BCUT2D eigenvalue weighted by atomic mass is 15.1. The lowest BCUT2D eigenvalue weighted by Gasteiger charge is -2.31. The maximum atomic E-state index is 2.48. The van der Waals surface area contributed by atoms with E-state index in [0.29, 0.717) is 11.8 Å². The first-order valence-corrected chi connectivity index (χ1v) is 19.6. The van der Waals surface area contributed by atoms with Crippen molar-refractivity contribution < 1.29 is 0 Å². The van der Waals surface area contributed by atoms with Gasteiger partial charge in [0.25, 0.3) is 0 Å². The van der Waals surface area contributed by atoms with Crippen molar-refractivity contribution in [2.75, 3.05) is 9.80 Å². The molecule has 0 spiro atoms. The fraction of sp³-hybridized carbons (Fsp3) is 0.231. The molecular formula is C52H52N2. The van der Waals surface area contributed by atoms with E-state index in [1.807, 2.05) is 0 Å². The fourth-order valence-corrected chi connectivity index (χ4v) is 8.70. The molecule has 0 unspecified atom stereocenters. The van der Waals surface area contributed by atoms with E-state index in [2.05, 4.69) is 200 Å². The maximum absolute atomic E-state index is 2.48. The van der Waals surface area contributed by atoms with E-state index >= 15 is 0 Å². The summed E-state index contributed by atoms with van der Waals surface area (Å²) < 4.78 is 0. The molecule has 54 heavy (non-hydrogen) atoms. The average molecular weight is 705 g/mol. The van der Waals surface area contributed by atoms with E-state index in [1.54, 1.807) is 0 Å². The standard InChI is InChI=1S/C52H52N2/c1-31(2)39-11-15-41(16-12-39)53(43-25-33(5)23-34(6)26-43)49-29-37(9)45-20-22-48-50(30-38(10)46-19-21-47(49)51(45)52(46)48)54(44-27-35(7)24-36(8)28-44)42-17-13-40(14-18-42)32(3)4/h11-32H,1-10H3. The molecule has 0 amide bonds. The van der Waals surface area contributed by atoms with Gasteiger partial charge >= 0.3 is 0 Å². The van der Waals surface area contributed by atoms with Crippen molar-refractivity contribution in [2.45, 2.75) is 81.1 Å². The number of anilines is 6. The Labute approximate surface area is 322 Å². The minimum absolute atomic E-state index is 0.472. The second kappa shape index (κ2) is 13.7. The first kappa shape index (κ1) is 35.4. The molecule has 0 fully saturated rings. The summed E-state index contributed by atoms with van der Waals surface area (Å²) in [5.41, 5.74) is 17.4. The van der Waals surface area contributed by atoms with Crippen molar-refractivity contribution in [3.8, 4) is 0 Å². The topological polar surface area (TPSA) is 6.48 Å². The van der Waals surface area contributed by atoms with Gasteiger partial charge in [0.2, 0.25) is 0 Å². The third kappa shape index (κ3) is 6.18. The van der Waals surface area contributed by atoms with Crippen LogP contribution >= 0.6 is 0 Å². The number of aryl methyl sites for hydroxylation is 6. The van der Waals surface area contributed by atoms with Crippen LogP contribution in [0.2, 0.25) is 0 Å². The van der Waals surface area contributed by atoms with Crippen LogP contribution in [0.1, 0.15) is 84.0 Å². The molecule has 2 nitrogen and oxygen atoms in total. The molecule has 8 aromatic carbocycles. The van der Waals surface area contributed by atoms with E-state index in [-0.39, 0.29) is 0 Å². The molecule has 0 heterocycles. The smallest absolute Gasteiger partial charge is 0.0543 e. The zero-order valence-electron chi connectivity index (χ0n) is 33.6. The summed E-state index contributed by atoms with van der Waals surface area (Å²) >= 11 is 0. The first-order chi connectivity index (χ1) is 25.9. The zero-order chi connectivity index (χ0) is 38.0. The predicted octanol–water partition coefficient (Wildman–Crippen LogP) is 15.6. The number of hydrogen-bond donors (Lipinski definition) is 0. The summed E-state index contributed by atoms with van der Waals surface area (Å²) in [6.45, 7) is 22.4. The first-order valence-electron chi connectivity index (χ1n) is 19.6. The van der Waals surface area contributed by atoms with Crippen LogP contribution in [0.3, 0.4) is 0 Å². The number of rotatable bonds is 8. The van der Waals surface area contributed by atoms with Gasteiger partial charge in [-0.25, -0.2) is 0 Å². The number of nitrogens with zero attached hydrogens (tertiary/aromatic N) is 2. The largest absolute Gasteiger partial charge is 0.310 e. The minimum atomic E-state index is 0.472. The predicted molar refractivity (Wildman–Crippen MR) is 236 cm³/mol. The van der Waals surface area contributed by atoms with Gasteiger partial charge in [-0.15, -0.1) is 0 Å². The molecule has 0 atom stereocenters. The van der Waals surface area contributed by atoms with Crippen molar-refractivity contribution in [2.24, 2.45) is 0 Å². The van der Waals surface area contributed by atoms with Gasteiger partial charge in [0, 0.05) is 33.5 Å². The normalized spacial score (nSPS) is 11.9. The summed E-state index contributed by atoms with van der Waals surface area (Å²) in [5.74, 6) is 0.943. The van der Waals surface area contributed by atoms with Crippen molar-refractivity contribution in [3.63, 3.8) is 0 Å². The summed E-state index contributed by atoms with van der Waals surface area (Å²) in [5, 5.41) is 7.78. The van der Waals surface area contributed by atoms with Gasteiger partial charge in [-0.2, -0.15) is 0 Å². The van der Waals surface area contributed by atoms with Crippen molar-refractivity contribution in [1.82, 2.24) is 0 Å². The van der Waals surface area contributed by atoms with Gasteiger partial charge in [0.05, 0.1) is 11.4 Å². The average Bonchev–Trinajstić information content (AvgIpc) is 3.12. The lowest BCUT2D eigenvalue weighted by atomic mass is 9.88. The Morgan fingerprint density at radius 2 is 0.648 bits per heavy atom. The Bertz CT molecular complexity index is 2430. The monoisotopic (exact) mass is 704 g/mol. The van der Waals surface area contributed by atoms with Gasteiger partial charge in [-0.3, -0.25) is 0 Å². The third-order valence-corrected chi connectivity index (χ3v) is 11.3. The van der Waals surface area contributed by atoms with Crippen LogP contribution in [0.4, 0.5) is 34.1 Å². The summed E-state index contributed by atoms with van der Waals surface area (Å²) in [4.78, 5) is 4.96. The van der Waals surface area contributed by atoms with Crippen molar-refractivity contribution in [1.29, 1.82) is 0 Å².